The van der Waals surface area contributed by atoms with E-state index in [1.807, 2.05) is 0 Å². The van der Waals surface area contributed by atoms with Crippen molar-refractivity contribution in [2.75, 3.05) is 13.1 Å². The monoisotopic (exact) mass is 465 g/mol. The molecule has 7 heteroatoms. The van der Waals surface area contributed by atoms with E-state index in [0.717, 1.165) is 25.9 Å². The van der Waals surface area contributed by atoms with E-state index >= 15 is 0 Å². The van der Waals surface area contributed by atoms with Gasteiger partial charge in [-0.05, 0) is 62.6 Å². The lowest BCUT2D eigenvalue weighted by Crippen LogP contribution is -2.44. The minimum Gasteiger partial charge on any atom is -0.386 e. The molecule has 0 aliphatic carbocycles. The smallest absolute Gasteiger partial charge is 0.253 e. The lowest BCUT2D eigenvalue weighted by Gasteiger charge is -2.32. The standard InChI is InChI=1S/C27H29F2N3O2/c1-27(2,34)21-8-6-20(24(29)15-21)17-32-12-10-23(11-13-32)31-26(33)19-7-9-25(30-16-19)18-4-3-5-22(28)14-18/h3-9,14-16,23,34H,10-13,17H2,1-2H3,(H,31,33). The molecule has 0 saturated carbocycles. The number of likely N-dealkylation sites (tertiary alicyclic amines) is 1. The second-order valence-corrected chi connectivity index (χ2v) is 9.33. The van der Waals surface area contributed by atoms with E-state index < -0.39 is 5.60 Å². The molecule has 1 saturated heterocycles. The van der Waals surface area contributed by atoms with Crippen LogP contribution in [0.1, 0.15) is 48.2 Å². The fourth-order valence-electron chi connectivity index (χ4n) is 4.15. The number of aliphatic hydroxyl groups is 1. The van der Waals surface area contributed by atoms with Crippen molar-refractivity contribution >= 4 is 5.91 Å². The summed E-state index contributed by atoms with van der Waals surface area (Å²) < 4.78 is 27.9. The Morgan fingerprint density at radius 3 is 2.50 bits per heavy atom. The predicted octanol–water partition coefficient (Wildman–Crippen LogP) is 4.65. The second kappa shape index (κ2) is 9.99. The normalized spacial score (nSPS) is 15.3. The number of carbonyl (C=O) groups excluding carboxylic acids is 1. The molecule has 1 aromatic heterocycles. The molecule has 2 heterocycles. The van der Waals surface area contributed by atoms with Crippen molar-refractivity contribution in [3.8, 4) is 11.3 Å². The molecule has 0 spiro atoms. The van der Waals surface area contributed by atoms with Gasteiger partial charge in [-0.1, -0.05) is 24.3 Å². The summed E-state index contributed by atoms with van der Waals surface area (Å²) in [6, 6.07) is 14.5. The minimum absolute atomic E-state index is 0.0362. The number of aromatic nitrogens is 1. The van der Waals surface area contributed by atoms with Crippen LogP contribution in [0.5, 0.6) is 0 Å². The van der Waals surface area contributed by atoms with Gasteiger partial charge >= 0.3 is 0 Å². The third-order valence-electron chi connectivity index (χ3n) is 6.22. The van der Waals surface area contributed by atoms with Gasteiger partial charge in [0, 0.05) is 43.0 Å². The van der Waals surface area contributed by atoms with Crippen LogP contribution in [0.15, 0.2) is 60.8 Å². The number of pyridine rings is 1. The van der Waals surface area contributed by atoms with E-state index in [2.05, 4.69) is 15.2 Å². The highest BCUT2D eigenvalue weighted by Crippen LogP contribution is 2.24. The van der Waals surface area contributed by atoms with Crippen molar-refractivity contribution in [3.63, 3.8) is 0 Å². The number of benzene rings is 2. The van der Waals surface area contributed by atoms with Crippen molar-refractivity contribution in [2.45, 2.75) is 44.9 Å². The maximum atomic E-state index is 14.5. The van der Waals surface area contributed by atoms with E-state index in [1.165, 1.54) is 24.4 Å². The average Bonchev–Trinajstić information content (AvgIpc) is 2.81. The number of nitrogens with zero attached hydrogens (tertiary/aromatic N) is 2. The fraction of sp³-hybridized carbons (Fsp3) is 0.333. The minimum atomic E-state index is -1.08. The lowest BCUT2D eigenvalue weighted by molar-refractivity contribution is 0.0780. The van der Waals surface area contributed by atoms with Crippen LogP contribution >= 0.6 is 0 Å². The second-order valence-electron chi connectivity index (χ2n) is 9.33. The first-order valence-electron chi connectivity index (χ1n) is 11.5. The first-order chi connectivity index (χ1) is 16.2. The Balaban J connectivity index is 1.29. The topological polar surface area (TPSA) is 65.5 Å². The van der Waals surface area contributed by atoms with Crippen LogP contribution in [0.3, 0.4) is 0 Å². The van der Waals surface area contributed by atoms with Gasteiger partial charge in [0.2, 0.25) is 0 Å². The molecule has 3 aromatic rings. The van der Waals surface area contributed by atoms with Gasteiger partial charge in [-0.15, -0.1) is 0 Å². The summed E-state index contributed by atoms with van der Waals surface area (Å²) in [7, 11) is 0. The number of carbonyl (C=O) groups is 1. The summed E-state index contributed by atoms with van der Waals surface area (Å²) in [6.45, 7) is 5.25. The highest BCUT2D eigenvalue weighted by Gasteiger charge is 2.23. The molecule has 4 rings (SSSR count). The van der Waals surface area contributed by atoms with Crippen LogP contribution in [0.2, 0.25) is 0 Å². The van der Waals surface area contributed by atoms with Crippen molar-refractivity contribution in [1.29, 1.82) is 0 Å². The zero-order chi connectivity index (χ0) is 24.3. The van der Waals surface area contributed by atoms with Gasteiger partial charge in [0.25, 0.3) is 5.91 Å². The largest absolute Gasteiger partial charge is 0.386 e. The van der Waals surface area contributed by atoms with Gasteiger partial charge < -0.3 is 10.4 Å². The third-order valence-corrected chi connectivity index (χ3v) is 6.22. The van der Waals surface area contributed by atoms with Crippen molar-refractivity contribution in [3.05, 3.63) is 89.1 Å². The van der Waals surface area contributed by atoms with Crippen LogP contribution in [-0.4, -0.2) is 40.0 Å². The van der Waals surface area contributed by atoms with Gasteiger partial charge in [0.05, 0.1) is 16.9 Å². The average molecular weight is 466 g/mol. The maximum Gasteiger partial charge on any atom is 0.253 e. The first kappa shape index (κ1) is 24.0. The molecule has 0 bridgehead atoms. The highest BCUT2D eigenvalue weighted by atomic mass is 19.1. The summed E-state index contributed by atoms with van der Waals surface area (Å²) in [5, 5.41) is 13.1. The number of piperidine rings is 1. The van der Waals surface area contributed by atoms with Crippen LogP contribution < -0.4 is 5.32 Å². The highest BCUT2D eigenvalue weighted by molar-refractivity contribution is 5.94. The Hall–Kier alpha value is -3.16. The number of halogens is 2. The van der Waals surface area contributed by atoms with Crippen molar-refractivity contribution < 1.29 is 18.7 Å². The Morgan fingerprint density at radius 2 is 1.88 bits per heavy atom. The molecule has 0 unspecified atom stereocenters. The number of nitrogens with one attached hydrogen (secondary N) is 1. The Labute approximate surface area is 198 Å². The molecule has 1 aliphatic rings. The van der Waals surface area contributed by atoms with E-state index in [9.17, 15) is 18.7 Å². The van der Waals surface area contributed by atoms with E-state index in [0.29, 0.717) is 34.5 Å². The molecule has 34 heavy (non-hydrogen) atoms. The predicted molar refractivity (Wildman–Crippen MR) is 127 cm³/mol. The van der Waals surface area contributed by atoms with Gasteiger partial charge in [0.15, 0.2) is 0 Å². The molecule has 178 valence electrons. The fourth-order valence-corrected chi connectivity index (χ4v) is 4.15. The molecule has 1 fully saturated rings. The van der Waals surface area contributed by atoms with Crippen LogP contribution in [0, 0.1) is 11.6 Å². The molecular formula is C27H29F2N3O2. The zero-order valence-corrected chi connectivity index (χ0v) is 19.4. The summed E-state index contributed by atoms with van der Waals surface area (Å²) in [5.74, 6) is -0.837. The molecule has 1 aliphatic heterocycles. The van der Waals surface area contributed by atoms with E-state index in [4.69, 9.17) is 0 Å². The van der Waals surface area contributed by atoms with Crippen molar-refractivity contribution in [2.24, 2.45) is 0 Å². The molecular weight excluding hydrogens is 436 g/mol. The van der Waals surface area contributed by atoms with Crippen molar-refractivity contribution in [1.82, 2.24) is 15.2 Å². The number of hydrogen-bond donors (Lipinski definition) is 2. The van der Waals surface area contributed by atoms with Crippen LogP contribution in [0.4, 0.5) is 8.78 Å². The lowest BCUT2D eigenvalue weighted by atomic mass is 9.96. The summed E-state index contributed by atoms with van der Waals surface area (Å²) in [6.07, 6.45) is 3.04. The van der Waals surface area contributed by atoms with E-state index in [-0.39, 0.29) is 23.6 Å². The van der Waals surface area contributed by atoms with Gasteiger partial charge in [-0.25, -0.2) is 8.78 Å². The summed E-state index contributed by atoms with van der Waals surface area (Å²) in [5.41, 5.74) is 1.79. The van der Waals surface area contributed by atoms with Gasteiger partial charge in [0.1, 0.15) is 11.6 Å². The molecule has 2 aromatic carbocycles. The maximum absolute atomic E-state index is 14.5. The van der Waals surface area contributed by atoms with E-state index in [1.54, 1.807) is 50.2 Å². The molecule has 2 N–H and O–H groups in total. The Kier molecular flexibility index (Phi) is 7.05. The van der Waals surface area contributed by atoms with Gasteiger partial charge in [-0.2, -0.15) is 0 Å². The quantitative estimate of drug-likeness (QED) is 0.556. The van der Waals surface area contributed by atoms with Crippen LogP contribution in [-0.2, 0) is 12.1 Å². The third kappa shape index (κ3) is 5.85. The summed E-state index contributed by atoms with van der Waals surface area (Å²) >= 11 is 0. The molecule has 5 nitrogen and oxygen atoms in total. The number of rotatable bonds is 6. The summed E-state index contributed by atoms with van der Waals surface area (Å²) in [4.78, 5) is 19.1. The van der Waals surface area contributed by atoms with Gasteiger partial charge in [-0.3, -0.25) is 14.7 Å². The Morgan fingerprint density at radius 1 is 1.12 bits per heavy atom. The molecule has 0 radical (unpaired) electrons. The number of hydrogen-bond acceptors (Lipinski definition) is 4. The molecule has 1 amide bonds. The molecule has 0 atom stereocenters. The zero-order valence-electron chi connectivity index (χ0n) is 19.4. The SMILES string of the molecule is CC(C)(O)c1ccc(CN2CCC(NC(=O)c3ccc(-c4cccc(F)c4)nc3)CC2)c(F)c1. The number of amides is 1. The van der Waals surface area contributed by atoms with Crippen LogP contribution in [0.25, 0.3) is 11.3 Å². The first-order valence-corrected chi connectivity index (χ1v) is 11.5. The Bertz CT molecular complexity index is 1150.